The molecular formula is C16H21FN2O2. The molecule has 0 radical (unpaired) electrons. The number of nitrogens with one attached hydrogen (secondary N) is 1. The second-order valence-corrected chi connectivity index (χ2v) is 4.89. The molecule has 0 spiro atoms. The van der Waals surface area contributed by atoms with Gasteiger partial charge in [0.15, 0.2) is 0 Å². The Kier molecular flexibility index (Phi) is 5.78. The standard InChI is InChI=1S/C16H21FN2O2/c1-19(11-13-6-8-21-12-13)16-5-3-4-15(17)14(16)10-18-7-9-20-2/h3-6,8,12,18H,7,9-11H2,1-2H3. The maximum atomic E-state index is 14.1. The average molecular weight is 292 g/mol. The zero-order valence-electron chi connectivity index (χ0n) is 12.4. The van der Waals surface area contributed by atoms with Gasteiger partial charge in [-0.05, 0) is 18.2 Å². The fourth-order valence-electron chi connectivity index (χ4n) is 2.21. The number of furan rings is 1. The lowest BCUT2D eigenvalue weighted by atomic mass is 10.1. The molecular weight excluding hydrogens is 271 g/mol. The lowest BCUT2D eigenvalue weighted by Gasteiger charge is -2.22. The summed E-state index contributed by atoms with van der Waals surface area (Å²) in [7, 11) is 3.59. The van der Waals surface area contributed by atoms with Crippen LogP contribution in [0.5, 0.6) is 0 Å². The number of methoxy groups -OCH3 is 1. The SMILES string of the molecule is COCCNCc1c(F)cccc1N(C)Cc1ccoc1. The molecule has 0 aliphatic rings. The third kappa shape index (κ3) is 4.31. The Hall–Kier alpha value is -1.85. The van der Waals surface area contributed by atoms with Crippen LogP contribution in [-0.4, -0.2) is 27.3 Å². The van der Waals surface area contributed by atoms with Gasteiger partial charge in [0, 0.05) is 50.6 Å². The molecule has 4 nitrogen and oxygen atoms in total. The van der Waals surface area contributed by atoms with Crippen LogP contribution >= 0.6 is 0 Å². The molecule has 1 N–H and O–H groups in total. The molecule has 0 saturated carbocycles. The second kappa shape index (κ2) is 7.81. The highest BCUT2D eigenvalue weighted by Gasteiger charge is 2.12. The van der Waals surface area contributed by atoms with Crippen molar-refractivity contribution in [1.82, 2.24) is 5.32 Å². The van der Waals surface area contributed by atoms with Crippen molar-refractivity contribution in [3.8, 4) is 0 Å². The van der Waals surface area contributed by atoms with Crippen molar-refractivity contribution in [3.63, 3.8) is 0 Å². The van der Waals surface area contributed by atoms with Crippen LogP contribution < -0.4 is 10.2 Å². The number of ether oxygens (including phenoxy) is 1. The Balaban J connectivity index is 2.08. The van der Waals surface area contributed by atoms with E-state index >= 15 is 0 Å². The summed E-state index contributed by atoms with van der Waals surface area (Å²) in [5.41, 5.74) is 2.60. The molecule has 1 aromatic heterocycles. The van der Waals surface area contributed by atoms with E-state index in [1.54, 1.807) is 25.7 Å². The van der Waals surface area contributed by atoms with Gasteiger partial charge >= 0.3 is 0 Å². The smallest absolute Gasteiger partial charge is 0.129 e. The minimum absolute atomic E-state index is 0.198. The molecule has 1 heterocycles. The van der Waals surface area contributed by atoms with Gasteiger partial charge in [-0.15, -0.1) is 0 Å². The maximum Gasteiger partial charge on any atom is 0.129 e. The fourth-order valence-corrected chi connectivity index (χ4v) is 2.21. The van der Waals surface area contributed by atoms with Gasteiger partial charge in [-0.3, -0.25) is 0 Å². The molecule has 0 fully saturated rings. The van der Waals surface area contributed by atoms with Gasteiger partial charge in [0.1, 0.15) is 5.82 Å². The van der Waals surface area contributed by atoms with E-state index in [-0.39, 0.29) is 5.82 Å². The Morgan fingerprint density at radius 3 is 2.90 bits per heavy atom. The molecule has 5 heteroatoms. The summed E-state index contributed by atoms with van der Waals surface area (Å²) >= 11 is 0. The predicted octanol–water partition coefficient (Wildman–Crippen LogP) is 2.79. The fraction of sp³-hybridized carbons (Fsp3) is 0.375. The highest BCUT2D eigenvalue weighted by Crippen LogP contribution is 2.23. The highest BCUT2D eigenvalue weighted by molar-refractivity contribution is 5.54. The summed E-state index contributed by atoms with van der Waals surface area (Å²) in [6.07, 6.45) is 3.34. The van der Waals surface area contributed by atoms with Crippen molar-refractivity contribution >= 4 is 5.69 Å². The number of benzene rings is 1. The Morgan fingerprint density at radius 1 is 1.33 bits per heavy atom. The monoisotopic (exact) mass is 292 g/mol. The third-order valence-electron chi connectivity index (χ3n) is 3.29. The quantitative estimate of drug-likeness (QED) is 0.759. The lowest BCUT2D eigenvalue weighted by molar-refractivity contribution is 0.199. The average Bonchev–Trinajstić information content (AvgIpc) is 2.97. The van der Waals surface area contributed by atoms with Crippen molar-refractivity contribution in [2.45, 2.75) is 13.1 Å². The van der Waals surface area contributed by atoms with Gasteiger partial charge in [0.25, 0.3) is 0 Å². The molecule has 21 heavy (non-hydrogen) atoms. The first kappa shape index (κ1) is 15.5. The summed E-state index contributed by atoms with van der Waals surface area (Å²) in [6, 6.07) is 7.06. The molecule has 0 aliphatic heterocycles. The first-order valence-corrected chi connectivity index (χ1v) is 6.91. The van der Waals surface area contributed by atoms with E-state index in [4.69, 9.17) is 9.15 Å². The minimum atomic E-state index is -0.198. The van der Waals surface area contributed by atoms with Crippen LogP contribution in [0.25, 0.3) is 0 Å². The molecule has 0 atom stereocenters. The van der Waals surface area contributed by atoms with Gasteiger partial charge in [-0.1, -0.05) is 6.07 Å². The van der Waals surface area contributed by atoms with Gasteiger partial charge in [-0.2, -0.15) is 0 Å². The van der Waals surface area contributed by atoms with E-state index < -0.39 is 0 Å². The summed E-state index contributed by atoms with van der Waals surface area (Å²) in [5, 5.41) is 3.19. The zero-order chi connectivity index (χ0) is 15.1. The van der Waals surface area contributed by atoms with Crippen LogP contribution in [0.2, 0.25) is 0 Å². The minimum Gasteiger partial charge on any atom is -0.472 e. The molecule has 0 bridgehead atoms. The summed E-state index contributed by atoms with van der Waals surface area (Å²) < 4.78 is 24.1. The third-order valence-corrected chi connectivity index (χ3v) is 3.29. The van der Waals surface area contributed by atoms with E-state index in [2.05, 4.69) is 5.32 Å². The largest absolute Gasteiger partial charge is 0.472 e. The highest BCUT2D eigenvalue weighted by atomic mass is 19.1. The van der Waals surface area contributed by atoms with E-state index in [1.165, 1.54) is 6.07 Å². The normalized spacial score (nSPS) is 10.8. The van der Waals surface area contributed by atoms with Crippen LogP contribution in [0, 0.1) is 5.82 Å². The summed E-state index contributed by atoms with van der Waals surface area (Å²) in [4.78, 5) is 2.02. The van der Waals surface area contributed by atoms with Crippen LogP contribution in [-0.2, 0) is 17.8 Å². The predicted molar refractivity (Wildman–Crippen MR) is 80.8 cm³/mol. The number of hydrogen-bond acceptors (Lipinski definition) is 4. The molecule has 0 amide bonds. The van der Waals surface area contributed by atoms with Crippen molar-refractivity contribution < 1.29 is 13.5 Å². The maximum absolute atomic E-state index is 14.1. The van der Waals surface area contributed by atoms with Crippen molar-refractivity contribution in [2.24, 2.45) is 0 Å². The summed E-state index contributed by atoms with van der Waals surface area (Å²) in [6.45, 7) is 2.44. The zero-order valence-corrected chi connectivity index (χ0v) is 12.4. The second-order valence-electron chi connectivity index (χ2n) is 4.89. The van der Waals surface area contributed by atoms with E-state index in [0.717, 1.165) is 11.3 Å². The number of hydrogen-bond donors (Lipinski definition) is 1. The molecule has 0 aliphatic carbocycles. The Morgan fingerprint density at radius 2 is 2.19 bits per heavy atom. The number of nitrogens with zero attached hydrogens (tertiary/aromatic N) is 1. The first-order valence-electron chi connectivity index (χ1n) is 6.91. The van der Waals surface area contributed by atoms with Gasteiger partial charge in [-0.25, -0.2) is 4.39 Å². The Bertz CT molecular complexity index is 543. The number of rotatable bonds is 8. The molecule has 1 aromatic carbocycles. The lowest BCUT2D eigenvalue weighted by Crippen LogP contribution is -2.23. The van der Waals surface area contributed by atoms with Crippen LogP contribution in [0.1, 0.15) is 11.1 Å². The molecule has 114 valence electrons. The topological polar surface area (TPSA) is 37.6 Å². The van der Waals surface area contributed by atoms with Gasteiger partial charge in [0.05, 0.1) is 19.1 Å². The molecule has 2 aromatic rings. The van der Waals surface area contributed by atoms with Crippen LogP contribution in [0.4, 0.5) is 10.1 Å². The van der Waals surface area contributed by atoms with Gasteiger partial charge in [0.2, 0.25) is 0 Å². The Labute approximate surface area is 124 Å². The molecule has 0 unspecified atom stereocenters. The van der Waals surface area contributed by atoms with Crippen molar-refractivity contribution in [2.75, 3.05) is 32.2 Å². The molecule has 0 saturated heterocycles. The van der Waals surface area contributed by atoms with E-state index in [0.29, 0.717) is 31.8 Å². The number of anilines is 1. The van der Waals surface area contributed by atoms with Crippen molar-refractivity contribution in [1.29, 1.82) is 0 Å². The van der Waals surface area contributed by atoms with Crippen molar-refractivity contribution in [3.05, 3.63) is 53.7 Å². The van der Waals surface area contributed by atoms with E-state index in [9.17, 15) is 4.39 Å². The van der Waals surface area contributed by atoms with Gasteiger partial charge < -0.3 is 19.4 Å². The van der Waals surface area contributed by atoms with E-state index in [1.807, 2.05) is 24.1 Å². The number of halogens is 1. The van der Waals surface area contributed by atoms with Crippen LogP contribution in [0.3, 0.4) is 0 Å². The summed E-state index contributed by atoms with van der Waals surface area (Å²) in [5.74, 6) is -0.198. The molecule has 2 rings (SSSR count). The first-order chi connectivity index (χ1) is 10.2. The van der Waals surface area contributed by atoms with Crippen LogP contribution in [0.15, 0.2) is 41.2 Å².